The molecule has 37 heavy (non-hydrogen) atoms. The molecule has 3 atom stereocenters. The smallest absolute Gasteiger partial charge is 0.180 e. The molecule has 4 heteroatoms. The molecule has 2 heterocycles. The first-order valence-corrected chi connectivity index (χ1v) is 12.9. The van der Waals surface area contributed by atoms with Gasteiger partial charge in [0.2, 0.25) is 0 Å². The molecule has 1 spiro atoms. The van der Waals surface area contributed by atoms with Gasteiger partial charge >= 0.3 is 0 Å². The molecule has 1 aliphatic carbocycles. The highest BCUT2D eigenvalue weighted by atomic mass is 16.2. The lowest BCUT2D eigenvalue weighted by molar-refractivity contribution is -0.127. The molecule has 1 fully saturated rings. The molecule has 1 saturated heterocycles. The van der Waals surface area contributed by atoms with Crippen LogP contribution in [0, 0.1) is 24.7 Å². The molecule has 0 aromatic heterocycles. The molecule has 0 amide bonds. The average Bonchev–Trinajstić information content (AvgIpc) is 3.29. The lowest BCUT2D eigenvalue weighted by Gasteiger charge is -2.38. The first kappa shape index (κ1) is 23.6. The fourth-order valence-electron chi connectivity index (χ4n) is 6.69. The normalized spacial score (nSPS) is 23.3. The molecule has 4 nitrogen and oxygen atoms in total. The van der Waals surface area contributed by atoms with Crippen LogP contribution in [0.4, 0.5) is 5.69 Å². The summed E-state index contributed by atoms with van der Waals surface area (Å²) in [6.45, 7) is 9.82. The number of hydrogen-bond donors (Lipinski definition) is 0. The van der Waals surface area contributed by atoms with Gasteiger partial charge in [0.25, 0.3) is 0 Å². The molecular formula is C33H31NO3. The van der Waals surface area contributed by atoms with Crippen LogP contribution in [0.2, 0.25) is 0 Å². The second-order valence-corrected chi connectivity index (χ2v) is 11.8. The molecule has 3 aromatic carbocycles. The van der Waals surface area contributed by atoms with Crippen LogP contribution in [0.3, 0.4) is 0 Å². The van der Waals surface area contributed by atoms with Crippen molar-refractivity contribution in [1.82, 2.24) is 0 Å². The zero-order valence-electron chi connectivity index (χ0n) is 21.9. The lowest BCUT2D eigenvalue weighted by atomic mass is 9.63. The topological polar surface area (TPSA) is 54.5 Å². The quantitative estimate of drug-likeness (QED) is 0.394. The number of hydrogen-bond acceptors (Lipinski definition) is 4. The number of ketones is 3. The Balaban J connectivity index is 1.70. The molecule has 2 aliphatic heterocycles. The predicted molar refractivity (Wildman–Crippen MR) is 146 cm³/mol. The van der Waals surface area contributed by atoms with Crippen molar-refractivity contribution in [1.29, 1.82) is 0 Å². The number of nitrogens with zero attached hydrogens (tertiary/aromatic N) is 1. The van der Waals surface area contributed by atoms with E-state index >= 15 is 0 Å². The highest BCUT2D eigenvalue weighted by Crippen LogP contribution is 2.61. The van der Waals surface area contributed by atoms with E-state index in [4.69, 9.17) is 0 Å². The molecule has 186 valence electrons. The van der Waals surface area contributed by atoms with Crippen LogP contribution in [-0.4, -0.2) is 29.4 Å². The Labute approximate surface area is 218 Å². The molecule has 0 N–H and O–H groups in total. The minimum Gasteiger partial charge on any atom is -0.352 e. The summed E-state index contributed by atoms with van der Waals surface area (Å²) in [4.78, 5) is 45.5. The van der Waals surface area contributed by atoms with Gasteiger partial charge in [-0.3, -0.25) is 14.4 Å². The van der Waals surface area contributed by atoms with E-state index in [0.29, 0.717) is 11.1 Å². The maximum atomic E-state index is 14.5. The highest BCUT2D eigenvalue weighted by molar-refractivity contribution is 6.32. The molecular weight excluding hydrogens is 458 g/mol. The van der Waals surface area contributed by atoms with Crippen molar-refractivity contribution in [2.45, 2.75) is 52.6 Å². The van der Waals surface area contributed by atoms with Crippen molar-refractivity contribution in [3.63, 3.8) is 0 Å². The third kappa shape index (κ3) is 3.11. The van der Waals surface area contributed by atoms with Crippen LogP contribution in [0.5, 0.6) is 0 Å². The van der Waals surface area contributed by atoms with E-state index in [9.17, 15) is 14.4 Å². The van der Waals surface area contributed by atoms with Gasteiger partial charge in [0, 0.05) is 28.1 Å². The summed E-state index contributed by atoms with van der Waals surface area (Å²) in [5, 5.41) is 0. The van der Waals surface area contributed by atoms with Gasteiger partial charge in [-0.05, 0) is 37.1 Å². The van der Waals surface area contributed by atoms with E-state index in [0.717, 1.165) is 27.9 Å². The summed E-state index contributed by atoms with van der Waals surface area (Å²) in [5.41, 5.74) is 3.75. The van der Waals surface area contributed by atoms with E-state index < -0.39 is 28.8 Å². The van der Waals surface area contributed by atoms with E-state index in [1.165, 1.54) is 0 Å². The van der Waals surface area contributed by atoms with Crippen LogP contribution >= 0.6 is 0 Å². The number of carbonyl (C=O) groups is 3. The van der Waals surface area contributed by atoms with Crippen molar-refractivity contribution in [2.75, 3.05) is 4.90 Å². The van der Waals surface area contributed by atoms with E-state index in [-0.39, 0.29) is 17.3 Å². The Kier molecular flexibility index (Phi) is 5.01. The SMILES string of the molecule is Cc1ccc([C@@H]2[C@@H](C(=O)C(C)(C)C)N3c4ccc(C)cc4C=CC3C23C(=O)c2ccccc2C3=O)cc1. The van der Waals surface area contributed by atoms with Gasteiger partial charge in [-0.2, -0.15) is 0 Å². The first-order chi connectivity index (χ1) is 17.6. The summed E-state index contributed by atoms with van der Waals surface area (Å²) in [7, 11) is 0. The van der Waals surface area contributed by atoms with Crippen LogP contribution < -0.4 is 4.90 Å². The van der Waals surface area contributed by atoms with Crippen molar-refractivity contribution in [3.8, 4) is 0 Å². The summed E-state index contributed by atoms with van der Waals surface area (Å²) < 4.78 is 0. The van der Waals surface area contributed by atoms with E-state index in [2.05, 4.69) is 11.0 Å². The number of rotatable bonds is 2. The number of Topliss-reactive ketones (excluding diaryl/α,β-unsaturated/α-hetero) is 3. The molecule has 0 bridgehead atoms. The summed E-state index contributed by atoms with van der Waals surface area (Å²) in [6.07, 6.45) is 4.01. The van der Waals surface area contributed by atoms with Gasteiger partial charge < -0.3 is 4.90 Å². The molecule has 0 radical (unpaired) electrons. The van der Waals surface area contributed by atoms with Crippen molar-refractivity contribution >= 4 is 29.1 Å². The largest absolute Gasteiger partial charge is 0.352 e. The minimum atomic E-state index is -1.43. The minimum absolute atomic E-state index is 0.0262. The fraction of sp³-hybridized carbons (Fsp3) is 0.303. The van der Waals surface area contributed by atoms with Gasteiger partial charge in [-0.15, -0.1) is 0 Å². The first-order valence-electron chi connectivity index (χ1n) is 12.9. The number of carbonyl (C=O) groups excluding carboxylic acids is 3. The van der Waals surface area contributed by atoms with E-state index in [1.807, 2.05) is 95.3 Å². The van der Waals surface area contributed by atoms with Gasteiger partial charge in [0.05, 0.1) is 12.1 Å². The second-order valence-electron chi connectivity index (χ2n) is 11.8. The summed E-state index contributed by atoms with van der Waals surface area (Å²) >= 11 is 0. The zero-order chi connectivity index (χ0) is 26.3. The average molecular weight is 490 g/mol. The second kappa shape index (κ2) is 7.85. The van der Waals surface area contributed by atoms with Crippen LogP contribution in [0.15, 0.2) is 72.8 Å². The Morgan fingerprint density at radius 1 is 0.838 bits per heavy atom. The maximum Gasteiger partial charge on any atom is 0.180 e. The van der Waals surface area contributed by atoms with Crippen LogP contribution in [0.25, 0.3) is 6.08 Å². The number of anilines is 1. The Morgan fingerprint density at radius 2 is 1.43 bits per heavy atom. The Morgan fingerprint density at radius 3 is 2.03 bits per heavy atom. The number of aryl methyl sites for hydroxylation is 2. The lowest BCUT2D eigenvalue weighted by Crippen LogP contribution is -2.49. The van der Waals surface area contributed by atoms with Crippen LogP contribution in [-0.2, 0) is 4.79 Å². The third-order valence-corrected chi connectivity index (χ3v) is 8.40. The highest BCUT2D eigenvalue weighted by Gasteiger charge is 2.71. The summed E-state index contributed by atoms with van der Waals surface area (Å²) in [5.74, 6) is -0.969. The van der Waals surface area contributed by atoms with Crippen molar-refractivity contribution in [3.05, 3.63) is 106 Å². The molecule has 6 rings (SSSR count). The van der Waals surface area contributed by atoms with Gasteiger partial charge in [0.1, 0.15) is 5.41 Å². The number of benzene rings is 3. The van der Waals surface area contributed by atoms with E-state index in [1.54, 1.807) is 12.1 Å². The molecule has 0 saturated carbocycles. The third-order valence-electron chi connectivity index (χ3n) is 8.40. The predicted octanol–water partition coefficient (Wildman–Crippen LogP) is 6.35. The van der Waals surface area contributed by atoms with Gasteiger partial charge in [0.15, 0.2) is 17.3 Å². The van der Waals surface area contributed by atoms with Gasteiger partial charge in [-0.25, -0.2) is 0 Å². The maximum absolute atomic E-state index is 14.5. The molecule has 1 unspecified atom stereocenters. The summed E-state index contributed by atoms with van der Waals surface area (Å²) in [6, 6.07) is 20.0. The number of fused-ring (bicyclic) bond motifs is 5. The fourth-order valence-corrected chi connectivity index (χ4v) is 6.69. The van der Waals surface area contributed by atoms with Crippen LogP contribution in [0.1, 0.15) is 69.7 Å². The Hall–Kier alpha value is -3.79. The Bertz CT molecular complexity index is 1470. The standard InChI is InChI=1S/C33H31NO3/c1-19-10-13-21(14-11-19)27-28(31(37)32(3,4)5)34-25-16-12-20(2)18-22(25)15-17-26(34)33(27)29(35)23-8-6-7-9-24(23)30(33)36/h6-18,26-28H,1-5H3/t26?,27-,28+/m1/s1. The van der Waals surface area contributed by atoms with Crippen molar-refractivity contribution < 1.29 is 14.4 Å². The zero-order valence-corrected chi connectivity index (χ0v) is 21.9. The molecule has 3 aliphatic rings. The monoisotopic (exact) mass is 489 g/mol. The van der Waals surface area contributed by atoms with Crippen molar-refractivity contribution in [2.24, 2.45) is 10.8 Å². The van der Waals surface area contributed by atoms with Gasteiger partial charge in [-0.1, -0.05) is 98.6 Å². The molecule has 3 aromatic rings.